The molecule has 0 unspecified atom stereocenters. The van der Waals surface area contributed by atoms with Gasteiger partial charge in [-0.3, -0.25) is 9.36 Å². The summed E-state index contributed by atoms with van der Waals surface area (Å²) in [5, 5.41) is 0. The van der Waals surface area contributed by atoms with Crippen LogP contribution in [0.4, 0.5) is 0 Å². The Labute approximate surface area is 274 Å². The molecule has 10 heteroatoms. The molecule has 0 fully saturated rings. The van der Waals surface area contributed by atoms with Gasteiger partial charge in [-0.1, -0.05) is 76.5 Å². The van der Waals surface area contributed by atoms with Crippen LogP contribution in [0.15, 0.2) is 86.2 Å². The Morgan fingerprint density at radius 2 is 1.73 bits per heavy atom. The Morgan fingerprint density at radius 1 is 1.00 bits per heavy atom. The quantitative estimate of drug-likeness (QED) is 0.173. The van der Waals surface area contributed by atoms with Crippen LogP contribution in [0.5, 0.6) is 17.2 Å². The minimum absolute atomic E-state index is 0.195. The fraction of sp³-hybridized carbons (Fsp3) is 0.286. The maximum Gasteiger partial charge on any atom is 0.338 e. The third kappa shape index (κ3) is 6.92. The monoisotopic (exact) mass is 690 g/mol. The van der Waals surface area contributed by atoms with Crippen molar-refractivity contribution in [1.29, 1.82) is 0 Å². The molecule has 0 spiro atoms. The number of esters is 1. The molecular weight excluding hydrogens is 656 g/mol. The van der Waals surface area contributed by atoms with Crippen LogP contribution in [0.25, 0.3) is 6.08 Å². The second kappa shape index (κ2) is 14.3. The molecule has 0 aliphatic carbocycles. The highest BCUT2D eigenvalue weighted by Crippen LogP contribution is 2.38. The van der Waals surface area contributed by atoms with Crippen LogP contribution in [-0.4, -0.2) is 31.4 Å². The van der Waals surface area contributed by atoms with Crippen molar-refractivity contribution in [2.24, 2.45) is 4.99 Å². The molecule has 8 nitrogen and oxygen atoms in total. The van der Waals surface area contributed by atoms with Gasteiger partial charge in [-0.15, -0.1) is 0 Å². The Morgan fingerprint density at radius 3 is 2.42 bits per heavy atom. The fourth-order valence-corrected chi connectivity index (χ4v) is 6.62. The molecule has 1 atom stereocenters. The number of aromatic nitrogens is 1. The molecule has 2 heterocycles. The number of aryl methyl sites for hydroxylation is 1. The van der Waals surface area contributed by atoms with Crippen LogP contribution in [0.3, 0.4) is 0 Å². The summed E-state index contributed by atoms with van der Waals surface area (Å²) in [7, 11) is 3.15. The van der Waals surface area contributed by atoms with Crippen molar-refractivity contribution in [2.45, 2.75) is 46.3 Å². The predicted octanol–water partition coefficient (Wildman–Crippen LogP) is 6.25. The number of allylic oxidation sites excluding steroid dienone is 1. The van der Waals surface area contributed by atoms with Crippen LogP contribution >= 0.6 is 27.3 Å². The van der Waals surface area contributed by atoms with E-state index in [1.54, 1.807) is 31.8 Å². The van der Waals surface area contributed by atoms with E-state index >= 15 is 0 Å². The summed E-state index contributed by atoms with van der Waals surface area (Å²) >= 11 is 4.83. The number of carbonyl (C=O) groups is 1. The van der Waals surface area contributed by atoms with Gasteiger partial charge >= 0.3 is 5.97 Å². The first kappa shape index (κ1) is 32.2. The first-order valence-electron chi connectivity index (χ1n) is 14.7. The van der Waals surface area contributed by atoms with Gasteiger partial charge < -0.3 is 18.9 Å². The minimum Gasteiger partial charge on any atom is -0.496 e. The molecule has 0 amide bonds. The zero-order valence-corrected chi connectivity index (χ0v) is 28.3. The van der Waals surface area contributed by atoms with Gasteiger partial charge in [0.2, 0.25) is 0 Å². The molecule has 5 rings (SSSR count). The van der Waals surface area contributed by atoms with Gasteiger partial charge in [0.25, 0.3) is 5.56 Å². The second-order valence-electron chi connectivity index (χ2n) is 10.5. The van der Waals surface area contributed by atoms with Crippen molar-refractivity contribution >= 4 is 39.3 Å². The van der Waals surface area contributed by atoms with Gasteiger partial charge in [-0.2, -0.15) is 0 Å². The number of halogens is 1. The Kier molecular flexibility index (Phi) is 10.2. The summed E-state index contributed by atoms with van der Waals surface area (Å²) in [5.74, 6) is 1.19. The van der Waals surface area contributed by atoms with E-state index in [0.29, 0.717) is 56.4 Å². The topological polar surface area (TPSA) is 88.4 Å². The van der Waals surface area contributed by atoms with Crippen molar-refractivity contribution < 1.29 is 23.7 Å². The molecule has 1 aromatic heterocycles. The number of methoxy groups -OCH3 is 2. The van der Waals surface area contributed by atoms with E-state index in [0.717, 1.165) is 22.0 Å². The number of rotatable bonds is 11. The minimum atomic E-state index is -0.788. The van der Waals surface area contributed by atoms with Crippen molar-refractivity contribution in [1.82, 2.24) is 4.57 Å². The molecule has 0 saturated heterocycles. The van der Waals surface area contributed by atoms with E-state index < -0.39 is 12.0 Å². The number of hydrogen-bond donors (Lipinski definition) is 0. The van der Waals surface area contributed by atoms with Crippen LogP contribution in [-0.2, 0) is 16.1 Å². The number of benzene rings is 3. The van der Waals surface area contributed by atoms with Gasteiger partial charge in [0.05, 0.1) is 36.6 Å². The second-order valence-corrected chi connectivity index (χ2v) is 12.4. The smallest absolute Gasteiger partial charge is 0.338 e. The molecule has 234 valence electrons. The highest BCUT2D eigenvalue weighted by molar-refractivity contribution is 9.10. The van der Waals surface area contributed by atoms with Crippen LogP contribution in [0.2, 0.25) is 0 Å². The van der Waals surface area contributed by atoms with Gasteiger partial charge in [-0.25, -0.2) is 9.79 Å². The molecule has 1 aliphatic rings. The summed E-state index contributed by atoms with van der Waals surface area (Å²) in [6.07, 6.45) is 3.11. The lowest BCUT2D eigenvalue weighted by Crippen LogP contribution is -2.40. The highest BCUT2D eigenvalue weighted by atomic mass is 79.9. The van der Waals surface area contributed by atoms with E-state index in [9.17, 15) is 9.59 Å². The standard InChI is InChI=1S/C35H35BrN2O6S/c1-6-8-26-31(34(40)43-7-2)32(25-19-24(36)14-16-27(25)41-4)38-33(39)30(45-35(38)37-26)18-23-13-15-28(29(17-23)42-5)44-20-22-11-9-21(3)10-12-22/h9-19,32H,6-8,20H2,1-5H3/b30-18+/t32-/m1/s1. The van der Waals surface area contributed by atoms with Crippen LogP contribution in [0, 0.1) is 6.92 Å². The fourth-order valence-electron chi connectivity index (χ4n) is 5.22. The van der Waals surface area contributed by atoms with Gasteiger partial charge in [0.15, 0.2) is 16.3 Å². The van der Waals surface area contributed by atoms with Crippen molar-refractivity contribution in [2.75, 3.05) is 20.8 Å². The summed E-state index contributed by atoms with van der Waals surface area (Å²) in [5.41, 5.74) is 4.32. The normalized spacial score (nSPS) is 14.5. The molecule has 0 radical (unpaired) electrons. The molecule has 45 heavy (non-hydrogen) atoms. The predicted molar refractivity (Wildman–Crippen MR) is 179 cm³/mol. The first-order valence-corrected chi connectivity index (χ1v) is 16.3. The number of fused-ring (bicyclic) bond motifs is 1. The van der Waals surface area contributed by atoms with Gasteiger partial charge in [-0.05, 0) is 67.8 Å². The lowest BCUT2D eigenvalue weighted by Gasteiger charge is -2.27. The van der Waals surface area contributed by atoms with Crippen LogP contribution < -0.4 is 29.1 Å². The summed E-state index contributed by atoms with van der Waals surface area (Å²) in [4.78, 5) is 33.0. The summed E-state index contributed by atoms with van der Waals surface area (Å²) < 4.78 is 25.7. The number of carbonyl (C=O) groups excluding carboxylic acids is 1. The van der Waals surface area contributed by atoms with E-state index in [1.807, 2.05) is 74.5 Å². The SMILES string of the molecule is CCCC1=C(C(=O)OCC)[C@@H](c2cc(Br)ccc2OC)n2c(s/c(=C/c3ccc(OCc4ccc(C)cc4)c(OC)c3)c2=O)=N1. The lowest BCUT2D eigenvalue weighted by atomic mass is 9.93. The third-order valence-corrected chi connectivity index (χ3v) is 8.86. The van der Waals surface area contributed by atoms with Crippen molar-refractivity contribution in [3.8, 4) is 17.2 Å². The third-order valence-electron chi connectivity index (χ3n) is 7.38. The molecule has 3 aromatic carbocycles. The molecule has 1 aliphatic heterocycles. The Bertz CT molecular complexity index is 1930. The summed E-state index contributed by atoms with van der Waals surface area (Å²) in [6, 6.07) is 18.5. The van der Waals surface area contributed by atoms with E-state index in [4.69, 9.17) is 23.9 Å². The largest absolute Gasteiger partial charge is 0.496 e. The van der Waals surface area contributed by atoms with E-state index in [2.05, 4.69) is 15.9 Å². The first-order chi connectivity index (χ1) is 21.8. The zero-order chi connectivity index (χ0) is 32.1. The number of thiazole rings is 1. The maximum absolute atomic E-state index is 14.2. The summed E-state index contributed by atoms with van der Waals surface area (Å²) in [6.45, 7) is 6.42. The molecule has 0 bridgehead atoms. The van der Waals surface area contributed by atoms with E-state index in [-0.39, 0.29) is 12.2 Å². The molecular formula is C35H35BrN2O6S. The van der Waals surface area contributed by atoms with Crippen molar-refractivity contribution in [3.05, 3.63) is 118 Å². The van der Waals surface area contributed by atoms with Crippen molar-refractivity contribution in [3.63, 3.8) is 0 Å². The number of ether oxygens (including phenoxy) is 4. The Balaban J connectivity index is 1.61. The van der Waals surface area contributed by atoms with Crippen LogP contribution in [0.1, 0.15) is 55.0 Å². The molecule has 0 saturated carbocycles. The maximum atomic E-state index is 14.2. The molecule has 0 N–H and O–H groups in total. The number of hydrogen-bond acceptors (Lipinski definition) is 8. The van der Waals surface area contributed by atoms with Gasteiger partial charge in [0, 0.05) is 10.0 Å². The zero-order valence-electron chi connectivity index (χ0n) is 25.9. The average Bonchev–Trinajstić information content (AvgIpc) is 3.34. The average molecular weight is 692 g/mol. The lowest BCUT2D eigenvalue weighted by molar-refractivity contribution is -0.139. The highest BCUT2D eigenvalue weighted by Gasteiger charge is 2.36. The van der Waals surface area contributed by atoms with Gasteiger partial charge in [0.1, 0.15) is 18.4 Å². The van der Waals surface area contributed by atoms with E-state index in [1.165, 1.54) is 16.9 Å². The molecule has 4 aromatic rings. The Hall–Kier alpha value is -4.15. The number of nitrogens with zero attached hydrogens (tertiary/aromatic N) is 2.